The molecule has 24 heavy (non-hydrogen) atoms. The van der Waals surface area contributed by atoms with E-state index >= 15 is 0 Å². The second kappa shape index (κ2) is 9.73. The lowest BCUT2D eigenvalue weighted by atomic mass is 9.95. The van der Waals surface area contributed by atoms with E-state index in [-0.39, 0.29) is 5.91 Å². The molecule has 3 rings (SSSR count). The number of carbonyl (C=O) groups is 1. The zero-order valence-corrected chi connectivity index (χ0v) is 15.2. The molecule has 138 valence electrons. The lowest BCUT2D eigenvalue weighted by Gasteiger charge is -2.36. The number of ether oxygens (including phenoxy) is 1. The van der Waals surface area contributed by atoms with Crippen molar-refractivity contribution in [3.05, 3.63) is 0 Å². The number of piperidine rings is 1. The zero-order chi connectivity index (χ0) is 16.6. The number of amides is 1. The minimum atomic E-state index is 0.261. The van der Waals surface area contributed by atoms with Crippen molar-refractivity contribution in [2.45, 2.75) is 57.4 Å². The predicted molar refractivity (Wildman–Crippen MR) is 96.1 cm³/mol. The molecule has 1 saturated carbocycles. The van der Waals surface area contributed by atoms with Crippen molar-refractivity contribution in [3.8, 4) is 0 Å². The average Bonchev–Trinajstić information content (AvgIpc) is 2.63. The Hall–Kier alpha value is -0.650. The molecule has 2 saturated heterocycles. The van der Waals surface area contributed by atoms with E-state index in [1.807, 2.05) is 0 Å². The van der Waals surface area contributed by atoms with Crippen LogP contribution in [0, 0.1) is 5.92 Å². The van der Waals surface area contributed by atoms with Crippen LogP contribution in [0.4, 0.5) is 0 Å². The van der Waals surface area contributed by atoms with Gasteiger partial charge in [-0.05, 0) is 44.7 Å². The Morgan fingerprint density at radius 2 is 1.62 bits per heavy atom. The Bertz CT molecular complexity index is 371. The minimum absolute atomic E-state index is 0.261. The van der Waals surface area contributed by atoms with Gasteiger partial charge in [-0.3, -0.25) is 9.69 Å². The van der Waals surface area contributed by atoms with Gasteiger partial charge in [-0.25, -0.2) is 0 Å². The van der Waals surface area contributed by atoms with Crippen LogP contribution < -0.4 is 5.32 Å². The summed E-state index contributed by atoms with van der Waals surface area (Å²) in [5.41, 5.74) is 0. The predicted octanol–water partition coefficient (Wildman–Crippen LogP) is 1.87. The average molecular weight is 338 g/mol. The standard InChI is InChI=1S/C19H35N3O2/c23-19(20-18-4-2-1-3-5-18)8-11-21-9-6-17(7-10-21)16-22-12-14-24-15-13-22/h17-18H,1-16H2,(H,20,23). The molecule has 0 atom stereocenters. The number of likely N-dealkylation sites (tertiary alicyclic amines) is 1. The fourth-order valence-corrected chi connectivity index (χ4v) is 4.35. The number of rotatable bonds is 6. The van der Waals surface area contributed by atoms with Gasteiger partial charge in [-0.2, -0.15) is 0 Å². The first kappa shape index (κ1) is 18.2. The Morgan fingerprint density at radius 3 is 2.33 bits per heavy atom. The van der Waals surface area contributed by atoms with Gasteiger partial charge < -0.3 is 15.0 Å². The summed E-state index contributed by atoms with van der Waals surface area (Å²) >= 11 is 0. The van der Waals surface area contributed by atoms with Gasteiger partial charge in [0.25, 0.3) is 0 Å². The van der Waals surface area contributed by atoms with Crippen molar-refractivity contribution in [1.82, 2.24) is 15.1 Å². The van der Waals surface area contributed by atoms with Gasteiger partial charge in [0.1, 0.15) is 0 Å². The summed E-state index contributed by atoms with van der Waals surface area (Å²) in [7, 11) is 0. The SMILES string of the molecule is O=C(CCN1CCC(CN2CCOCC2)CC1)NC1CCCCC1. The maximum absolute atomic E-state index is 12.1. The molecule has 0 bridgehead atoms. The molecular formula is C19H35N3O2. The van der Waals surface area contributed by atoms with E-state index in [0.717, 1.165) is 51.9 Å². The Morgan fingerprint density at radius 1 is 0.917 bits per heavy atom. The van der Waals surface area contributed by atoms with Crippen molar-refractivity contribution in [1.29, 1.82) is 0 Å². The zero-order valence-electron chi connectivity index (χ0n) is 15.2. The molecule has 1 N–H and O–H groups in total. The van der Waals surface area contributed by atoms with Gasteiger partial charge in [0, 0.05) is 38.6 Å². The number of morpholine rings is 1. The van der Waals surface area contributed by atoms with Crippen LogP contribution in [0.15, 0.2) is 0 Å². The summed E-state index contributed by atoms with van der Waals surface area (Å²) in [4.78, 5) is 17.2. The normalized spacial score (nSPS) is 25.7. The highest BCUT2D eigenvalue weighted by molar-refractivity contribution is 5.76. The first-order valence-corrected chi connectivity index (χ1v) is 10.1. The first-order chi connectivity index (χ1) is 11.8. The van der Waals surface area contributed by atoms with Gasteiger partial charge in [-0.15, -0.1) is 0 Å². The number of carbonyl (C=O) groups excluding carboxylic acids is 1. The van der Waals surface area contributed by atoms with Crippen molar-refractivity contribution in [3.63, 3.8) is 0 Å². The summed E-state index contributed by atoms with van der Waals surface area (Å²) in [5, 5.41) is 3.24. The summed E-state index contributed by atoms with van der Waals surface area (Å²) in [6.45, 7) is 8.48. The largest absolute Gasteiger partial charge is 0.379 e. The second-order valence-electron chi connectivity index (χ2n) is 7.85. The number of hydrogen-bond acceptors (Lipinski definition) is 4. The molecule has 5 heteroatoms. The Balaban J connectivity index is 1.27. The van der Waals surface area contributed by atoms with Crippen LogP contribution in [0.2, 0.25) is 0 Å². The molecule has 0 radical (unpaired) electrons. The summed E-state index contributed by atoms with van der Waals surface area (Å²) in [6.07, 6.45) is 9.49. The van der Waals surface area contributed by atoms with Crippen LogP contribution >= 0.6 is 0 Å². The summed E-state index contributed by atoms with van der Waals surface area (Å²) < 4.78 is 5.43. The Labute approximate surface area is 147 Å². The lowest BCUT2D eigenvalue weighted by molar-refractivity contribution is -0.122. The van der Waals surface area contributed by atoms with Crippen molar-refractivity contribution in [2.24, 2.45) is 5.92 Å². The minimum Gasteiger partial charge on any atom is -0.379 e. The van der Waals surface area contributed by atoms with E-state index in [1.54, 1.807) is 0 Å². The van der Waals surface area contributed by atoms with Crippen LogP contribution in [0.5, 0.6) is 0 Å². The van der Waals surface area contributed by atoms with Crippen LogP contribution in [0.25, 0.3) is 0 Å². The van der Waals surface area contributed by atoms with Gasteiger partial charge in [0.15, 0.2) is 0 Å². The third kappa shape index (κ3) is 6.01. The fraction of sp³-hybridized carbons (Fsp3) is 0.947. The molecule has 5 nitrogen and oxygen atoms in total. The molecule has 3 fully saturated rings. The molecule has 0 spiro atoms. The van der Waals surface area contributed by atoms with E-state index in [2.05, 4.69) is 15.1 Å². The van der Waals surface area contributed by atoms with Gasteiger partial charge in [-0.1, -0.05) is 19.3 Å². The van der Waals surface area contributed by atoms with E-state index in [9.17, 15) is 4.79 Å². The maximum Gasteiger partial charge on any atom is 0.221 e. The molecule has 0 aromatic rings. The molecule has 0 aromatic heterocycles. The summed E-state index contributed by atoms with van der Waals surface area (Å²) in [6, 6.07) is 0.450. The molecule has 1 amide bonds. The van der Waals surface area contributed by atoms with Crippen molar-refractivity contribution in [2.75, 3.05) is 52.5 Å². The molecule has 0 aromatic carbocycles. The van der Waals surface area contributed by atoms with Crippen LogP contribution in [-0.2, 0) is 9.53 Å². The fourth-order valence-electron chi connectivity index (χ4n) is 4.35. The second-order valence-corrected chi connectivity index (χ2v) is 7.85. The third-order valence-corrected chi connectivity index (χ3v) is 5.95. The van der Waals surface area contributed by atoms with Gasteiger partial charge >= 0.3 is 0 Å². The smallest absolute Gasteiger partial charge is 0.221 e. The van der Waals surface area contributed by atoms with Gasteiger partial charge in [0.05, 0.1) is 13.2 Å². The molecule has 0 unspecified atom stereocenters. The van der Waals surface area contributed by atoms with E-state index in [4.69, 9.17) is 4.74 Å². The maximum atomic E-state index is 12.1. The molecule has 2 heterocycles. The highest BCUT2D eigenvalue weighted by Crippen LogP contribution is 2.20. The Kier molecular flexibility index (Phi) is 7.36. The van der Waals surface area contributed by atoms with Crippen molar-refractivity contribution >= 4 is 5.91 Å². The molecular weight excluding hydrogens is 302 g/mol. The summed E-state index contributed by atoms with van der Waals surface area (Å²) in [5.74, 6) is 1.09. The highest BCUT2D eigenvalue weighted by Gasteiger charge is 2.23. The van der Waals surface area contributed by atoms with E-state index in [1.165, 1.54) is 51.5 Å². The van der Waals surface area contributed by atoms with Crippen molar-refractivity contribution < 1.29 is 9.53 Å². The number of nitrogens with one attached hydrogen (secondary N) is 1. The van der Waals surface area contributed by atoms with Gasteiger partial charge in [0.2, 0.25) is 5.91 Å². The monoisotopic (exact) mass is 337 g/mol. The number of nitrogens with zero attached hydrogens (tertiary/aromatic N) is 2. The van der Waals surface area contributed by atoms with Crippen LogP contribution in [0.3, 0.4) is 0 Å². The highest BCUT2D eigenvalue weighted by atomic mass is 16.5. The van der Waals surface area contributed by atoms with E-state index in [0.29, 0.717) is 12.5 Å². The number of hydrogen-bond donors (Lipinski definition) is 1. The first-order valence-electron chi connectivity index (χ1n) is 10.1. The third-order valence-electron chi connectivity index (χ3n) is 5.95. The quantitative estimate of drug-likeness (QED) is 0.804. The molecule has 1 aliphatic carbocycles. The lowest BCUT2D eigenvalue weighted by Crippen LogP contribution is -2.43. The van der Waals surface area contributed by atoms with E-state index < -0.39 is 0 Å². The molecule has 2 aliphatic heterocycles. The van der Waals surface area contributed by atoms with Crippen LogP contribution in [0.1, 0.15) is 51.4 Å². The van der Waals surface area contributed by atoms with Crippen LogP contribution in [-0.4, -0.2) is 74.2 Å². The topological polar surface area (TPSA) is 44.8 Å². The molecule has 3 aliphatic rings.